The van der Waals surface area contributed by atoms with Gasteiger partial charge in [0, 0.05) is 17.3 Å². The third-order valence-electron chi connectivity index (χ3n) is 5.59. The van der Waals surface area contributed by atoms with Gasteiger partial charge in [-0.25, -0.2) is 9.59 Å². The molecule has 1 aliphatic rings. The van der Waals surface area contributed by atoms with Gasteiger partial charge in [0.25, 0.3) is 0 Å². The molecule has 0 bridgehead atoms. The Morgan fingerprint density at radius 3 is 2.50 bits per heavy atom. The second kappa shape index (κ2) is 11.1. The van der Waals surface area contributed by atoms with E-state index >= 15 is 0 Å². The standard InChI is InChI=1S/C25H28N4O7/c1-15(2)26-21(23(30)33-3)12-16-4-10-19(11-5-16)34-14-20-13-29(25(32)35-20)18-8-6-17(7-9-18)22-27-24(31)36-28-22/h4-11,15,20-21,26H,12-14H2,1-3H3,(H,27,28,31). The fourth-order valence-corrected chi connectivity index (χ4v) is 3.87. The van der Waals surface area contributed by atoms with Crippen molar-refractivity contribution in [2.24, 2.45) is 0 Å². The maximum Gasteiger partial charge on any atom is 0.439 e. The van der Waals surface area contributed by atoms with Crippen molar-refractivity contribution in [3.63, 3.8) is 0 Å². The van der Waals surface area contributed by atoms with Crippen LogP contribution in [0, 0.1) is 0 Å². The minimum atomic E-state index is -0.636. The first kappa shape index (κ1) is 25.0. The molecule has 2 N–H and O–H groups in total. The molecule has 1 amide bonds. The lowest BCUT2D eigenvalue weighted by molar-refractivity contribution is -0.143. The lowest BCUT2D eigenvalue weighted by Crippen LogP contribution is -2.43. The van der Waals surface area contributed by atoms with E-state index < -0.39 is 24.0 Å². The van der Waals surface area contributed by atoms with Crippen molar-refractivity contribution in [3.05, 3.63) is 64.6 Å². The number of ether oxygens (including phenoxy) is 3. The Labute approximate surface area is 207 Å². The van der Waals surface area contributed by atoms with Crippen LogP contribution in [0.15, 0.2) is 57.8 Å². The van der Waals surface area contributed by atoms with Gasteiger partial charge in [0.05, 0.1) is 13.7 Å². The van der Waals surface area contributed by atoms with Crippen molar-refractivity contribution >= 4 is 17.7 Å². The Balaban J connectivity index is 1.30. The molecule has 0 radical (unpaired) electrons. The third kappa shape index (κ3) is 6.11. The maximum absolute atomic E-state index is 12.4. The predicted molar refractivity (Wildman–Crippen MR) is 130 cm³/mol. The number of rotatable bonds is 10. The minimum Gasteiger partial charge on any atom is -0.490 e. The first-order valence-corrected chi connectivity index (χ1v) is 11.5. The van der Waals surface area contributed by atoms with E-state index in [1.807, 2.05) is 38.1 Å². The Morgan fingerprint density at radius 2 is 1.89 bits per heavy atom. The van der Waals surface area contributed by atoms with Gasteiger partial charge in [0.1, 0.15) is 18.4 Å². The summed E-state index contributed by atoms with van der Waals surface area (Å²) >= 11 is 0. The van der Waals surface area contributed by atoms with Crippen molar-refractivity contribution in [3.8, 4) is 17.1 Å². The number of nitrogens with one attached hydrogen (secondary N) is 2. The van der Waals surface area contributed by atoms with E-state index in [4.69, 9.17) is 14.2 Å². The van der Waals surface area contributed by atoms with E-state index in [2.05, 4.69) is 20.0 Å². The minimum absolute atomic E-state index is 0.141. The number of aromatic amines is 1. The molecule has 1 fully saturated rings. The summed E-state index contributed by atoms with van der Waals surface area (Å²) in [5.41, 5.74) is 2.26. The highest BCUT2D eigenvalue weighted by Crippen LogP contribution is 2.25. The molecule has 2 atom stereocenters. The SMILES string of the molecule is COC(=O)C(Cc1ccc(OCC2CN(c3ccc(-c4noc(=O)[nH]4)cc3)C(=O)O2)cc1)NC(C)C. The van der Waals surface area contributed by atoms with E-state index in [-0.39, 0.29) is 18.6 Å². The quantitative estimate of drug-likeness (QED) is 0.406. The van der Waals surface area contributed by atoms with Crippen molar-refractivity contribution in [2.75, 3.05) is 25.2 Å². The zero-order valence-corrected chi connectivity index (χ0v) is 20.2. The average Bonchev–Trinajstić information content (AvgIpc) is 3.47. The van der Waals surface area contributed by atoms with Gasteiger partial charge in [-0.1, -0.05) is 31.1 Å². The Morgan fingerprint density at radius 1 is 1.17 bits per heavy atom. The van der Waals surface area contributed by atoms with Crippen LogP contribution in [0.4, 0.5) is 10.5 Å². The van der Waals surface area contributed by atoms with Crippen LogP contribution in [0.3, 0.4) is 0 Å². The number of benzene rings is 2. The molecule has 11 heteroatoms. The number of carbonyl (C=O) groups is 2. The number of aromatic nitrogens is 2. The summed E-state index contributed by atoms with van der Waals surface area (Å²) in [5.74, 6) is -0.00182. The summed E-state index contributed by atoms with van der Waals surface area (Å²) in [6.07, 6.45) is -0.415. The molecule has 0 saturated carbocycles. The van der Waals surface area contributed by atoms with E-state index in [1.54, 1.807) is 24.3 Å². The molecule has 2 unspecified atom stereocenters. The van der Waals surface area contributed by atoms with Crippen LogP contribution in [-0.2, 0) is 20.7 Å². The molecule has 11 nitrogen and oxygen atoms in total. The van der Waals surface area contributed by atoms with Crippen LogP contribution in [-0.4, -0.2) is 60.7 Å². The zero-order chi connectivity index (χ0) is 25.7. The third-order valence-corrected chi connectivity index (χ3v) is 5.59. The summed E-state index contributed by atoms with van der Waals surface area (Å²) in [7, 11) is 1.38. The molecule has 2 heterocycles. The number of anilines is 1. The molecule has 3 aromatic rings. The second-order valence-corrected chi connectivity index (χ2v) is 8.66. The van der Waals surface area contributed by atoms with Gasteiger partial charge in [0.15, 0.2) is 11.9 Å². The van der Waals surface area contributed by atoms with Gasteiger partial charge in [0.2, 0.25) is 0 Å². The Bertz CT molecular complexity index is 1230. The Kier molecular flexibility index (Phi) is 7.69. The van der Waals surface area contributed by atoms with Gasteiger partial charge in [-0.3, -0.25) is 19.2 Å². The van der Waals surface area contributed by atoms with E-state index in [0.717, 1.165) is 5.56 Å². The molecule has 4 rings (SSSR count). The van der Waals surface area contributed by atoms with Gasteiger partial charge >= 0.3 is 17.8 Å². The fourth-order valence-electron chi connectivity index (χ4n) is 3.87. The number of hydrogen-bond donors (Lipinski definition) is 2. The van der Waals surface area contributed by atoms with E-state index in [1.165, 1.54) is 12.0 Å². The highest BCUT2D eigenvalue weighted by atomic mass is 16.6. The van der Waals surface area contributed by atoms with Crippen LogP contribution in [0.2, 0.25) is 0 Å². The monoisotopic (exact) mass is 496 g/mol. The molecule has 1 aromatic heterocycles. The van der Waals surface area contributed by atoms with E-state index in [9.17, 15) is 14.4 Å². The number of methoxy groups -OCH3 is 1. The highest BCUT2D eigenvalue weighted by Gasteiger charge is 2.33. The number of hydrogen-bond acceptors (Lipinski definition) is 9. The van der Waals surface area contributed by atoms with Crippen LogP contribution in [0.25, 0.3) is 11.4 Å². The molecule has 0 aliphatic carbocycles. The van der Waals surface area contributed by atoms with Crippen LogP contribution < -0.4 is 20.7 Å². The number of carbonyl (C=O) groups excluding carboxylic acids is 2. The summed E-state index contributed by atoms with van der Waals surface area (Å²) in [6, 6.07) is 14.1. The lowest BCUT2D eigenvalue weighted by atomic mass is 10.1. The lowest BCUT2D eigenvalue weighted by Gasteiger charge is -2.19. The topological polar surface area (TPSA) is 136 Å². The second-order valence-electron chi connectivity index (χ2n) is 8.66. The van der Waals surface area contributed by atoms with Crippen molar-refractivity contribution in [1.82, 2.24) is 15.5 Å². The number of nitrogens with zero attached hydrogens (tertiary/aromatic N) is 2. The summed E-state index contributed by atoms with van der Waals surface area (Å²) in [5, 5.41) is 6.86. The van der Waals surface area contributed by atoms with Gasteiger partial charge in [-0.2, -0.15) is 0 Å². The smallest absolute Gasteiger partial charge is 0.439 e. The molecule has 1 saturated heterocycles. The maximum atomic E-state index is 12.4. The summed E-state index contributed by atoms with van der Waals surface area (Å²) < 4.78 is 20.7. The first-order chi connectivity index (χ1) is 17.3. The molecule has 0 spiro atoms. The summed E-state index contributed by atoms with van der Waals surface area (Å²) in [6.45, 7) is 4.47. The molecular formula is C25H28N4O7. The van der Waals surface area contributed by atoms with Crippen LogP contribution in [0.1, 0.15) is 19.4 Å². The highest BCUT2D eigenvalue weighted by molar-refractivity contribution is 5.90. The van der Waals surface area contributed by atoms with Crippen molar-refractivity contribution in [2.45, 2.75) is 38.5 Å². The molecule has 2 aromatic carbocycles. The van der Waals surface area contributed by atoms with E-state index in [0.29, 0.717) is 35.8 Å². The van der Waals surface area contributed by atoms with Gasteiger partial charge < -0.3 is 19.5 Å². The number of cyclic esters (lactones) is 1. The normalized spacial score (nSPS) is 16.2. The molecule has 36 heavy (non-hydrogen) atoms. The number of amides is 1. The largest absolute Gasteiger partial charge is 0.490 e. The molecule has 190 valence electrons. The van der Waals surface area contributed by atoms with Crippen molar-refractivity contribution < 1.29 is 28.3 Å². The number of esters is 1. The fraction of sp³-hybridized carbons (Fsp3) is 0.360. The van der Waals surface area contributed by atoms with Crippen LogP contribution >= 0.6 is 0 Å². The number of H-pyrrole nitrogens is 1. The zero-order valence-electron chi connectivity index (χ0n) is 20.2. The molecular weight excluding hydrogens is 468 g/mol. The molecule has 1 aliphatic heterocycles. The van der Waals surface area contributed by atoms with Crippen molar-refractivity contribution in [1.29, 1.82) is 0 Å². The van der Waals surface area contributed by atoms with Gasteiger partial charge in [-0.15, -0.1) is 0 Å². The Hall–Kier alpha value is -4.12. The average molecular weight is 497 g/mol. The first-order valence-electron chi connectivity index (χ1n) is 11.5. The predicted octanol–water partition coefficient (Wildman–Crippen LogP) is 2.52. The van der Waals surface area contributed by atoms with Gasteiger partial charge in [-0.05, 0) is 48.4 Å². The van der Waals surface area contributed by atoms with Crippen LogP contribution in [0.5, 0.6) is 5.75 Å². The summed E-state index contributed by atoms with van der Waals surface area (Å²) in [4.78, 5) is 39.5.